The van der Waals surface area contributed by atoms with Crippen molar-refractivity contribution in [3.8, 4) is 40.1 Å². The van der Waals surface area contributed by atoms with Gasteiger partial charge in [-0.05, 0) is 18.2 Å². The average Bonchev–Trinajstić information content (AvgIpc) is 3.23. The second-order valence-electron chi connectivity index (χ2n) is 9.94. The van der Waals surface area contributed by atoms with E-state index in [1.807, 2.05) is 0 Å². The number of phenols is 4. The van der Waals surface area contributed by atoms with E-state index in [0.717, 1.165) is 24.3 Å². The van der Waals surface area contributed by atoms with Crippen LogP contribution in [0.3, 0.4) is 0 Å². The number of benzene rings is 2. The Morgan fingerprint density at radius 2 is 1.67 bits per heavy atom. The van der Waals surface area contributed by atoms with Crippen LogP contribution < -0.4 is 10.2 Å². The average molecular weight is 596 g/mol. The van der Waals surface area contributed by atoms with Gasteiger partial charge in [0.1, 0.15) is 52.5 Å². The van der Waals surface area contributed by atoms with Crippen molar-refractivity contribution < 1.29 is 74.4 Å². The molecule has 5 rings (SSSR count). The molecule has 1 aromatic heterocycles. The molecule has 0 radical (unpaired) electrons. The van der Waals surface area contributed by atoms with Crippen LogP contribution in [0.5, 0.6) is 28.7 Å². The SMILES string of the molecule is O=c1c(O[C@H]2O[C@H](CO)[C@H](O)[C@H](O)[C@H]2O[C@@H]2OC[C@@](O)(CO)[C@@H]2O)c(-c2ccc(O)c(O)c2)oc2cc(O)cc(O)c12. The predicted molar refractivity (Wildman–Crippen MR) is 136 cm³/mol. The fourth-order valence-corrected chi connectivity index (χ4v) is 4.71. The molecule has 2 saturated heterocycles. The van der Waals surface area contributed by atoms with Crippen molar-refractivity contribution in [2.45, 2.75) is 48.7 Å². The van der Waals surface area contributed by atoms with E-state index in [1.165, 1.54) is 6.07 Å². The van der Waals surface area contributed by atoms with Gasteiger partial charge in [-0.15, -0.1) is 0 Å². The lowest BCUT2D eigenvalue weighted by Crippen LogP contribution is -2.62. The molecule has 2 aliphatic rings. The maximum atomic E-state index is 13.7. The minimum absolute atomic E-state index is 0.0442. The second-order valence-corrected chi connectivity index (χ2v) is 9.94. The smallest absolute Gasteiger partial charge is 0.239 e. The standard InChI is InChI=1S/C26H28O16/c27-6-15-17(33)19(35)22(42-25-23(36)26(37,7-28)8-38-25)24(40-15)41-21-18(34)16-13(32)4-10(29)5-14(16)39-20(21)9-1-2-11(30)12(31)3-9/h1-5,15,17,19,22-25,27-33,35-37H,6-8H2/t15-,17+,19+,22-,23-,24-,25+,26+/m1/s1. The fraction of sp³-hybridized carbons (Fsp3) is 0.423. The third-order valence-electron chi connectivity index (χ3n) is 7.08. The fourth-order valence-electron chi connectivity index (χ4n) is 4.71. The van der Waals surface area contributed by atoms with Gasteiger partial charge in [0.15, 0.2) is 29.7 Å². The van der Waals surface area contributed by atoms with E-state index in [9.17, 15) is 55.9 Å². The molecular formula is C26H28O16. The largest absolute Gasteiger partial charge is 0.508 e. The van der Waals surface area contributed by atoms with E-state index in [2.05, 4.69) is 0 Å². The highest BCUT2D eigenvalue weighted by atomic mass is 16.8. The number of hydrogen-bond acceptors (Lipinski definition) is 16. The van der Waals surface area contributed by atoms with E-state index in [-0.39, 0.29) is 11.1 Å². The summed E-state index contributed by atoms with van der Waals surface area (Å²) < 4.78 is 28.0. The molecule has 42 heavy (non-hydrogen) atoms. The summed E-state index contributed by atoms with van der Waals surface area (Å²) in [7, 11) is 0. The first-order valence-electron chi connectivity index (χ1n) is 12.5. The molecule has 16 heteroatoms. The highest BCUT2D eigenvalue weighted by molar-refractivity contribution is 5.88. The molecule has 0 saturated carbocycles. The zero-order valence-electron chi connectivity index (χ0n) is 21.5. The predicted octanol–water partition coefficient (Wildman–Crippen LogP) is -2.07. The lowest BCUT2D eigenvalue weighted by molar-refractivity contribution is -0.319. The van der Waals surface area contributed by atoms with Crippen LogP contribution in [0, 0.1) is 0 Å². The van der Waals surface area contributed by atoms with Gasteiger partial charge in [0, 0.05) is 17.7 Å². The summed E-state index contributed by atoms with van der Waals surface area (Å²) in [6.07, 6.45) is -12.3. The van der Waals surface area contributed by atoms with Crippen LogP contribution in [-0.2, 0) is 14.2 Å². The molecule has 0 unspecified atom stereocenters. The second kappa shape index (κ2) is 11.2. The van der Waals surface area contributed by atoms with Crippen LogP contribution in [0.1, 0.15) is 0 Å². The first-order valence-corrected chi connectivity index (χ1v) is 12.5. The first-order chi connectivity index (χ1) is 19.9. The molecule has 0 bridgehead atoms. The van der Waals surface area contributed by atoms with Crippen LogP contribution in [0.2, 0.25) is 0 Å². The molecule has 3 aromatic rings. The van der Waals surface area contributed by atoms with E-state index in [4.69, 9.17) is 23.4 Å². The normalized spacial score (nSPS) is 31.4. The van der Waals surface area contributed by atoms with Crippen LogP contribution in [-0.4, -0.2) is 120 Å². The lowest BCUT2D eigenvalue weighted by Gasteiger charge is -2.42. The molecule has 10 N–H and O–H groups in total. The van der Waals surface area contributed by atoms with Crippen molar-refractivity contribution in [3.05, 3.63) is 40.6 Å². The number of ether oxygens (including phenoxy) is 4. The van der Waals surface area contributed by atoms with E-state index in [1.54, 1.807) is 0 Å². The lowest BCUT2D eigenvalue weighted by atomic mass is 9.98. The van der Waals surface area contributed by atoms with Crippen molar-refractivity contribution in [2.75, 3.05) is 19.8 Å². The van der Waals surface area contributed by atoms with Crippen molar-refractivity contribution in [3.63, 3.8) is 0 Å². The Morgan fingerprint density at radius 3 is 2.31 bits per heavy atom. The van der Waals surface area contributed by atoms with Crippen LogP contribution in [0.4, 0.5) is 0 Å². The Balaban J connectivity index is 1.62. The van der Waals surface area contributed by atoms with Gasteiger partial charge in [0.2, 0.25) is 17.5 Å². The topological polar surface area (TPSA) is 269 Å². The Bertz CT molecular complexity index is 1520. The first kappa shape index (κ1) is 29.8. The minimum atomic E-state index is -2.12. The molecule has 16 nitrogen and oxygen atoms in total. The van der Waals surface area contributed by atoms with Gasteiger partial charge in [-0.1, -0.05) is 0 Å². The van der Waals surface area contributed by atoms with Crippen molar-refractivity contribution >= 4 is 11.0 Å². The van der Waals surface area contributed by atoms with Gasteiger partial charge >= 0.3 is 0 Å². The van der Waals surface area contributed by atoms with Crippen molar-refractivity contribution in [1.29, 1.82) is 0 Å². The quantitative estimate of drug-likeness (QED) is 0.131. The molecule has 2 fully saturated rings. The summed E-state index contributed by atoms with van der Waals surface area (Å²) >= 11 is 0. The van der Waals surface area contributed by atoms with Gasteiger partial charge in [-0.25, -0.2) is 0 Å². The third-order valence-corrected chi connectivity index (χ3v) is 7.08. The number of aromatic hydroxyl groups is 4. The van der Waals surface area contributed by atoms with Gasteiger partial charge in [0.25, 0.3) is 0 Å². The number of phenolic OH excluding ortho intramolecular Hbond substituents is 4. The number of fused-ring (bicyclic) bond motifs is 1. The zero-order valence-corrected chi connectivity index (χ0v) is 21.5. The summed E-state index contributed by atoms with van der Waals surface area (Å²) in [6, 6.07) is 5.21. The Morgan fingerprint density at radius 1 is 0.929 bits per heavy atom. The number of aliphatic hydroxyl groups is 6. The summed E-state index contributed by atoms with van der Waals surface area (Å²) in [5.74, 6) is -3.39. The zero-order chi connectivity index (χ0) is 30.5. The molecule has 2 aliphatic heterocycles. The van der Waals surface area contributed by atoms with E-state index in [0.29, 0.717) is 0 Å². The van der Waals surface area contributed by atoms with Crippen LogP contribution in [0.25, 0.3) is 22.3 Å². The number of rotatable bonds is 7. The van der Waals surface area contributed by atoms with Crippen molar-refractivity contribution in [1.82, 2.24) is 0 Å². The highest BCUT2D eigenvalue weighted by Gasteiger charge is 2.53. The minimum Gasteiger partial charge on any atom is -0.508 e. The summed E-state index contributed by atoms with van der Waals surface area (Å²) in [5, 5.41) is 101. The molecule has 228 valence electrons. The molecule has 0 amide bonds. The summed E-state index contributed by atoms with van der Waals surface area (Å²) in [4.78, 5) is 13.7. The van der Waals surface area contributed by atoms with Crippen LogP contribution >= 0.6 is 0 Å². The Kier molecular flexibility index (Phi) is 7.92. The molecular weight excluding hydrogens is 568 g/mol. The monoisotopic (exact) mass is 596 g/mol. The van der Waals surface area contributed by atoms with E-state index < -0.39 is 114 Å². The molecule has 0 spiro atoms. The van der Waals surface area contributed by atoms with Crippen molar-refractivity contribution in [2.24, 2.45) is 0 Å². The van der Waals surface area contributed by atoms with Gasteiger partial charge in [-0.3, -0.25) is 4.79 Å². The Hall–Kier alpha value is -3.71. The molecule has 0 aliphatic carbocycles. The third kappa shape index (κ3) is 5.08. The van der Waals surface area contributed by atoms with E-state index >= 15 is 0 Å². The maximum Gasteiger partial charge on any atom is 0.239 e. The number of aliphatic hydroxyl groups excluding tert-OH is 5. The summed E-state index contributed by atoms with van der Waals surface area (Å²) in [6.45, 7) is -2.31. The van der Waals surface area contributed by atoms with Gasteiger partial charge in [-0.2, -0.15) is 0 Å². The Labute approximate surface area is 235 Å². The highest BCUT2D eigenvalue weighted by Crippen LogP contribution is 2.40. The molecule has 3 heterocycles. The molecule has 2 aromatic carbocycles. The van der Waals surface area contributed by atoms with Crippen LogP contribution in [0.15, 0.2) is 39.5 Å². The van der Waals surface area contributed by atoms with Gasteiger partial charge < -0.3 is 74.4 Å². The van der Waals surface area contributed by atoms with Gasteiger partial charge in [0.05, 0.1) is 19.8 Å². The molecule has 8 atom stereocenters. The number of hydrogen-bond donors (Lipinski definition) is 10. The maximum absolute atomic E-state index is 13.7. The summed E-state index contributed by atoms with van der Waals surface area (Å²) in [5.41, 5.74) is -3.51.